The Labute approximate surface area is 126 Å². The minimum atomic E-state index is 0.596. The fourth-order valence-electron chi connectivity index (χ4n) is 3.89. The van der Waals surface area contributed by atoms with Crippen LogP contribution in [0.15, 0.2) is 0 Å². The lowest BCUT2D eigenvalue weighted by atomic mass is 9.89. The highest BCUT2D eigenvalue weighted by Crippen LogP contribution is 2.48. The Morgan fingerprint density at radius 1 is 1.25 bits per heavy atom. The van der Waals surface area contributed by atoms with Crippen LogP contribution in [0, 0.1) is 24.7 Å². The van der Waals surface area contributed by atoms with Crippen molar-refractivity contribution in [3.63, 3.8) is 0 Å². The number of hydrogen-bond donors (Lipinski definition) is 1. The first-order valence-corrected chi connectivity index (χ1v) is 8.32. The van der Waals surface area contributed by atoms with E-state index in [0.717, 1.165) is 54.3 Å². The second-order valence-corrected chi connectivity index (χ2v) is 6.83. The van der Waals surface area contributed by atoms with Crippen molar-refractivity contribution in [3.05, 3.63) is 16.5 Å². The summed E-state index contributed by atoms with van der Waals surface area (Å²) in [5, 5.41) is 4.14. The van der Waals surface area contributed by atoms with Crippen LogP contribution in [0.4, 0.5) is 5.82 Å². The topological polar surface area (TPSA) is 37.8 Å². The fourth-order valence-corrected chi connectivity index (χ4v) is 4.08. The number of nitrogens with one attached hydrogen (secondary N) is 1. The van der Waals surface area contributed by atoms with Gasteiger partial charge in [0, 0.05) is 18.5 Å². The molecule has 4 heteroatoms. The molecule has 20 heavy (non-hydrogen) atoms. The molecule has 2 bridgehead atoms. The SMILES string of the molecule is CCCc1nc(Cl)c(C)c(NCC2CC3CCC2C3)n1. The van der Waals surface area contributed by atoms with Gasteiger partial charge in [-0.3, -0.25) is 0 Å². The van der Waals surface area contributed by atoms with Crippen molar-refractivity contribution in [3.8, 4) is 0 Å². The molecule has 3 atom stereocenters. The van der Waals surface area contributed by atoms with Gasteiger partial charge in [-0.15, -0.1) is 0 Å². The Balaban J connectivity index is 1.67. The number of nitrogens with zero attached hydrogens (tertiary/aromatic N) is 2. The molecule has 1 heterocycles. The normalized spacial score (nSPS) is 28.1. The summed E-state index contributed by atoms with van der Waals surface area (Å²) in [6.07, 6.45) is 7.68. The van der Waals surface area contributed by atoms with Crippen molar-refractivity contribution < 1.29 is 0 Å². The Morgan fingerprint density at radius 3 is 2.75 bits per heavy atom. The molecule has 0 aliphatic heterocycles. The summed E-state index contributed by atoms with van der Waals surface area (Å²) in [6.45, 7) is 5.18. The molecule has 0 amide bonds. The molecule has 1 aromatic rings. The summed E-state index contributed by atoms with van der Waals surface area (Å²) in [5.74, 6) is 4.57. The van der Waals surface area contributed by atoms with Gasteiger partial charge in [0.05, 0.1) is 0 Å². The van der Waals surface area contributed by atoms with Crippen molar-refractivity contribution in [1.29, 1.82) is 0 Å². The first-order chi connectivity index (χ1) is 9.67. The molecule has 1 aromatic heterocycles. The smallest absolute Gasteiger partial charge is 0.137 e. The maximum atomic E-state index is 6.22. The molecule has 2 aliphatic carbocycles. The third-order valence-electron chi connectivity index (χ3n) is 5.02. The number of aromatic nitrogens is 2. The van der Waals surface area contributed by atoms with Gasteiger partial charge in [-0.05, 0) is 50.4 Å². The highest BCUT2D eigenvalue weighted by atomic mass is 35.5. The second kappa shape index (κ2) is 5.88. The van der Waals surface area contributed by atoms with Crippen LogP contribution in [0.1, 0.15) is 50.4 Å². The molecule has 2 saturated carbocycles. The number of hydrogen-bond acceptors (Lipinski definition) is 3. The van der Waals surface area contributed by atoms with E-state index in [1.54, 1.807) is 0 Å². The molecule has 2 fully saturated rings. The molecule has 110 valence electrons. The molecular formula is C16H24ClN3. The largest absolute Gasteiger partial charge is 0.369 e. The minimum absolute atomic E-state index is 0.596. The van der Waals surface area contributed by atoms with Crippen molar-refractivity contribution in [2.75, 3.05) is 11.9 Å². The van der Waals surface area contributed by atoms with E-state index in [1.165, 1.54) is 25.7 Å². The zero-order valence-electron chi connectivity index (χ0n) is 12.5. The van der Waals surface area contributed by atoms with Crippen LogP contribution >= 0.6 is 11.6 Å². The Morgan fingerprint density at radius 2 is 2.10 bits per heavy atom. The fraction of sp³-hybridized carbons (Fsp3) is 0.750. The average Bonchev–Trinajstić information content (AvgIpc) is 3.04. The zero-order chi connectivity index (χ0) is 14.1. The Kier molecular flexibility index (Phi) is 4.16. The highest BCUT2D eigenvalue weighted by Gasteiger charge is 2.39. The van der Waals surface area contributed by atoms with E-state index in [0.29, 0.717) is 5.15 Å². The summed E-state index contributed by atoms with van der Waals surface area (Å²) in [7, 11) is 0. The number of fused-ring (bicyclic) bond motifs is 2. The second-order valence-electron chi connectivity index (χ2n) is 6.47. The van der Waals surface area contributed by atoms with Gasteiger partial charge in [0.2, 0.25) is 0 Å². The van der Waals surface area contributed by atoms with E-state index in [-0.39, 0.29) is 0 Å². The zero-order valence-corrected chi connectivity index (χ0v) is 13.2. The molecule has 0 spiro atoms. The van der Waals surface area contributed by atoms with Crippen molar-refractivity contribution >= 4 is 17.4 Å². The first-order valence-electron chi connectivity index (χ1n) is 7.94. The molecule has 3 unspecified atom stereocenters. The van der Waals surface area contributed by atoms with Crippen LogP contribution in [0.5, 0.6) is 0 Å². The molecule has 0 saturated heterocycles. The van der Waals surface area contributed by atoms with E-state index < -0.39 is 0 Å². The molecule has 0 aromatic carbocycles. The molecule has 1 N–H and O–H groups in total. The summed E-state index contributed by atoms with van der Waals surface area (Å²) in [6, 6.07) is 0. The van der Waals surface area contributed by atoms with Gasteiger partial charge >= 0.3 is 0 Å². The van der Waals surface area contributed by atoms with Gasteiger partial charge in [0.25, 0.3) is 0 Å². The highest BCUT2D eigenvalue weighted by molar-refractivity contribution is 6.30. The number of halogens is 1. The van der Waals surface area contributed by atoms with Crippen LogP contribution < -0.4 is 5.32 Å². The van der Waals surface area contributed by atoms with Crippen LogP contribution in [0.2, 0.25) is 5.15 Å². The summed E-state index contributed by atoms with van der Waals surface area (Å²) in [5.41, 5.74) is 0.981. The van der Waals surface area contributed by atoms with Gasteiger partial charge in [0.15, 0.2) is 0 Å². The van der Waals surface area contributed by atoms with Gasteiger partial charge < -0.3 is 5.32 Å². The monoisotopic (exact) mass is 293 g/mol. The summed E-state index contributed by atoms with van der Waals surface area (Å²) >= 11 is 6.22. The maximum absolute atomic E-state index is 6.22. The van der Waals surface area contributed by atoms with Crippen LogP contribution in [0.25, 0.3) is 0 Å². The third kappa shape index (κ3) is 2.78. The molecule has 3 nitrogen and oxygen atoms in total. The van der Waals surface area contributed by atoms with Crippen molar-refractivity contribution in [2.45, 2.75) is 52.4 Å². The number of anilines is 1. The maximum Gasteiger partial charge on any atom is 0.137 e. The van der Waals surface area contributed by atoms with Crippen LogP contribution in [0.3, 0.4) is 0 Å². The molecule has 0 radical (unpaired) electrons. The van der Waals surface area contributed by atoms with E-state index >= 15 is 0 Å². The van der Waals surface area contributed by atoms with Gasteiger partial charge in [-0.2, -0.15) is 0 Å². The first kappa shape index (κ1) is 14.1. The number of rotatable bonds is 5. The van der Waals surface area contributed by atoms with Gasteiger partial charge in [0.1, 0.15) is 16.8 Å². The van der Waals surface area contributed by atoms with E-state index in [1.807, 2.05) is 6.92 Å². The van der Waals surface area contributed by atoms with E-state index in [2.05, 4.69) is 22.2 Å². The third-order valence-corrected chi connectivity index (χ3v) is 5.39. The molecule has 3 rings (SSSR count). The molecular weight excluding hydrogens is 270 g/mol. The summed E-state index contributed by atoms with van der Waals surface area (Å²) in [4.78, 5) is 8.99. The predicted octanol–water partition coefficient (Wildman–Crippen LogP) is 4.24. The van der Waals surface area contributed by atoms with Crippen LogP contribution in [-0.4, -0.2) is 16.5 Å². The molecule has 2 aliphatic rings. The number of aryl methyl sites for hydroxylation is 1. The lowest BCUT2D eigenvalue weighted by molar-refractivity contribution is 0.348. The van der Waals surface area contributed by atoms with Gasteiger partial charge in [-0.25, -0.2) is 9.97 Å². The van der Waals surface area contributed by atoms with E-state index in [9.17, 15) is 0 Å². The predicted molar refractivity (Wildman–Crippen MR) is 83.2 cm³/mol. The lowest BCUT2D eigenvalue weighted by Gasteiger charge is -2.22. The quantitative estimate of drug-likeness (QED) is 0.825. The van der Waals surface area contributed by atoms with Crippen molar-refractivity contribution in [1.82, 2.24) is 9.97 Å². The van der Waals surface area contributed by atoms with Crippen molar-refractivity contribution in [2.24, 2.45) is 17.8 Å². The Hall–Kier alpha value is -0.830. The van der Waals surface area contributed by atoms with Crippen LogP contribution in [-0.2, 0) is 6.42 Å². The lowest BCUT2D eigenvalue weighted by Crippen LogP contribution is -2.21. The average molecular weight is 294 g/mol. The standard InChI is InChI=1S/C16H24ClN3/c1-3-4-14-19-15(17)10(2)16(20-14)18-9-13-8-11-5-6-12(13)7-11/h11-13H,3-9H2,1-2H3,(H,18,19,20). The van der Waals surface area contributed by atoms with E-state index in [4.69, 9.17) is 11.6 Å². The Bertz CT molecular complexity index is 489. The van der Waals surface area contributed by atoms with Gasteiger partial charge in [-0.1, -0.05) is 24.9 Å². The minimum Gasteiger partial charge on any atom is -0.369 e. The summed E-state index contributed by atoms with van der Waals surface area (Å²) < 4.78 is 0.